The quantitative estimate of drug-likeness (QED) is 0.158. The van der Waals surface area contributed by atoms with E-state index in [4.69, 9.17) is 10.1 Å². The largest absolute Gasteiger partial charge is 0.460 e. The predicted octanol–water partition coefficient (Wildman–Crippen LogP) is 8.24. The van der Waals surface area contributed by atoms with E-state index in [9.17, 15) is 22.8 Å². The van der Waals surface area contributed by atoms with Crippen LogP contribution < -0.4 is 10.6 Å². The van der Waals surface area contributed by atoms with Gasteiger partial charge < -0.3 is 15.4 Å². The van der Waals surface area contributed by atoms with Crippen molar-refractivity contribution in [2.75, 3.05) is 10.6 Å². The average Bonchev–Trinajstić information content (AvgIpc) is 2.85. The number of anilines is 2. The molecule has 0 bridgehead atoms. The van der Waals surface area contributed by atoms with E-state index in [-0.39, 0.29) is 58.8 Å². The van der Waals surface area contributed by atoms with E-state index in [0.717, 1.165) is 26.2 Å². The zero-order valence-electron chi connectivity index (χ0n) is 26.0. The number of para-hydroxylation sites is 1. The number of halogens is 3. The first kappa shape index (κ1) is 34.1. The van der Waals surface area contributed by atoms with Crippen LogP contribution in [0.5, 0.6) is 0 Å². The summed E-state index contributed by atoms with van der Waals surface area (Å²) in [6.45, 7) is 10.6. The normalized spacial score (nSPS) is 16.0. The Morgan fingerprint density at radius 3 is 2.35 bits per heavy atom. The van der Waals surface area contributed by atoms with Crippen molar-refractivity contribution in [3.63, 3.8) is 0 Å². The number of esters is 1. The number of aromatic nitrogens is 1. The Morgan fingerprint density at radius 1 is 1.09 bits per heavy atom. The van der Waals surface area contributed by atoms with Crippen LogP contribution >= 0.6 is 0 Å². The van der Waals surface area contributed by atoms with Crippen molar-refractivity contribution < 1.29 is 27.5 Å². The van der Waals surface area contributed by atoms with Gasteiger partial charge in [0.05, 0.1) is 11.6 Å². The summed E-state index contributed by atoms with van der Waals surface area (Å²) in [5, 5.41) is 15.2. The van der Waals surface area contributed by atoms with Crippen molar-refractivity contribution in [1.29, 1.82) is 5.41 Å². The van der Waals surface area contributed by atoms with Crippen LogP contribution in [-0.2, 0) is 14.3 Å². The fourth-order valence-corrected chi connectivity index (χ4v) is 5.31. The van der Waals surface area contributed by atoms with Crippen molar-refractivity contribution in [2.45, 2.75) is 110 Å². The molecule has 236 valence electrons. The van der Waals surface area contributed by atoms with Gasteiger partial charge in [-0.15, -0.1) is 0 Å². The van der Waals surface area contributed by atoms with E-state index in [1.807, 2.05) is 33.8 Å². The van der Waals surface area contributed by atoms with Gasteiger partial charge in [0, 0.05) is 47.0 Å². The van der Waals surface area contributed by atoms with Crippen LogP contribution in [0.4, 0.5) is 24.7 Å². The van der Waals surface area contributed by atoms with Gasteiger partial charge in [-0.2, -0.15) is 13.2 Å². The summed E-state index contributed by atoms with van der Waals surface area (Å²) in [5.41, 5.74) is 0.209. The number of ether oxygens (including phenoxy) is 1. The van der Waals surface area contributed by atoms with Crippen LogP contribution in [-0.4, -0.2) is 40.4 Å². The lowest BCUT2D eigenvalue weighted by molar-refractivity contribution is -0.156. The molecule has 3 atom stereocenters. The summed E-state index contributed by atoms with van der Waals surface area (Å²) in [7, 11) is 0. The number of rotatable bonds is 13. The molecule has 1 aromatic carbocycles. The summed E-state index contributed by atoms with van der Waals surface area (Å²) < 4.78 is 47.8. The number of nitrogens with one attached hydrogen (secondary N) is 3. The minimum absolute atomic E-state index is 0.0202. The number of hydrogen-bond donors (Lipinski definition) is 3. The molecule has 0 saturated heterocycles. The molecule has 0 radical (unpaired) electrons. The van der Waals surface area contributed by atoms with E-state index >= 15 is 0 Å². The molecule has 0 spiro atoms. The zero-order valence-corrected chi connectivity index (χ0v) is 26.0. The number of alkyl halides is 3. The maximum absolute atomic E-state index is 14.1. The van der Waals surface area contributed by atoms with Crippen LogP contribution in [0.1, 0.15) is 109 Å². The molecular weight excluding hydrogens is 557 g/mol. The van der Waals surface area contributed by atoms with Crippen molar-refractivity contribution >= 4 is 29.1 Å². The number of pyridine rings is 1. The maximum Gasteiger partial charge on any atom is 0.395 e. The van der Waals surface area contributed by atoms with Crippen molar-refractivity contribution in [2.24, 2.45) is 11.8 Å². The lowest BCUT2D eigenvalue weighted by atomic mass is 9.84. The second kappa shape index (κ2) is 14.4. The monoisotopic (exact) mass is 602 g/mol. The molecule has 3 rings (SSSR count). The van der Waals surface area contributed by atoms with Crippen LogP contribution in [0, 0.1) is 17.2 Å². The van der Waals surface area contributed by atoms with Gasteiger partial charge in [0.15, 0.2) is 0 Å². The third-order valence-corrected chi connectivity index (χ3v) is 7.72. The number of amides is 1. The molecular formula is C33H45F3N4O3. The highest BCUT2D eigenvalue weighted by Gasteiger charge is 2.41. The molecule has 1 aliphatic rings. The van der Waals surface area contributed by atoms with Gasteiger partial charge in [0.25, 0.3) is 0 Å². The van der Waals surface area contributed by atoms with Gasteiger partial charge in [-0.1, -0.05) is 44.9 Å². The number of nitrogens with zero attached hydrogens (tertiary/aromatic N) is 1. The van der Waals surface area contributed by atoms with Gasteiger partial charge in [0.1, 0.15) is 11.4 Å². The highest BCUT2D eigenvalue weighted by Crippen LogP contribution is 2.40. The Kier molecular flexibility index (Phi) is 11.4. The molecule has 43 heavy (non-hydrogen) atoms. The number of hydrogen-bond acceptors (Lipinski definition) is 6. The number of benzene rings is 1. The first-order valence-electron chi connectivity index (χ1n) is 15.1. The van der Waals surface area contributed by atoms with Crippen molar-refractivity contribution in [1.82, 2.24) is 4.98 Å². The first-order chi connectivity index (χ1) is 20.1. The Morgan fingerprint density at radius 2 is 1.77 bits per heavy atom. The smallest absolute Gasteiger partial charge is 0.395 e. The maximum atomic E-state index is 14.1. The molecule has 10 heteroatoms. The van der Waals surface area contributed by atoms with Crippen molar-refractivity contribution in [3.8, 4) is 0 Å². The molecule has 2 aromatic rings. The van der Waals surface area contributed by atoms with Gasteiger partial charge >= 0.3 is 12.1 Å². The molecule has 1 amide bonds. The Bertz CT molecular complexity index is 1280. The van der Waals surface area contributed by atoms with Gasteiger partial charge in [-0.3, -0.25) is 15.0 Å². The Labute approximate surface area is 252 Å². The lowest BCUT2D eigenvalue weighted by Crippen LogP contribution is -2.30. The third-order valence-electron chi connectivity index (χ3n) is 7.72. The Hall–Kier alpha value is -3.43. The molecule has 7 nitrogen and oxygen atoms in total. The van der Waals surface area contributed by atoms with Crippen LogP contribution in [0.15, 0.2) is 36.5 Å². The molecule has 1 fully saturated rings. The minimum Gasteiger partial charge on any atom is -0.460 e. The molecule has 2 unspecified atom stereocenters. The predicted molar refractivity (Wildman–Crippen MR) is 164 cm³/mol. The standard InChI is InChI=1S/C33H45F3N4O3/c1-7-11-23(18-20(2)19-27(41)43-32(4,5)6)39-26-15-9-8-14-24(26)29(37)25-16-17-38-30(28(25)21(3)33(34,35)36)40-31(42)22-12-10-13-22/h8-9,14-17,20-23,37,39H,7,10-13,18-19H2,1-6H3,(H,38,40,42)/t20?,21-,23?/m1/s1. The summed E-state index contributed by atoms with van der Waals surface area (Å²) in [5.74, 6) is -2.95. The lowest BCUT2D eigenvalue weighted by Gasteiger charge is -2.27. The fourth-order valence-electron chi connectivity index (χ4n) is 5.31. The fraction of sp³-hybridized carbons (Fsp3) is 0.576. The minimum atomic E-state index is -4.61. The second-order valence-corrected chi connectivity index (χ2v) is 12.7. The molecule has 1 saturated carbocycles. The van der Waals surface area contributed by atoms with E-state index in [2.05, 4.69) is 22.5 Å². The van der Waals surface area contributed by atoms with Gasteiger partial charge in [0.2, 0.25) is 5.91 Å². The average molecular weight is 603 g/mol. The Balaban J connectivity index is 1.91. The highest BCUT2D eigenvalue weighted by atomic mass is 19.4. The van der Waals surface area contributed by atoms with Gasteiger partial charge in [-0.05, 0) is 71.4 Å². The SMILES string of the molecule is CCCC(CC(C)CC(=O)OC(C)(C)C)Nc1ccccc1C(=N)c1ccnc(NC(=O)C2CCC2)c1[C@@H](C)C(F)(F)F. The summed E-state index contributed by atoms with van der Waals surface area (Å²) in [6.07, 6.45) is 1.62. The second-order valence-electron chi connectivity index (χ2n) is 12.7. The first-order valence-corrected chi connectivity index (χ1v) is 15.1. The number of carbonyl (C=O) groups is 2. The topological polar surface area (TPSA) is 104 Å². The van der Waals surface area contributed by atoms with Crippen LogP contribution in [0.3, 0.4) is 0 Å². The van der Waals surface area contributed by atoms with Crippen LogP contribution in [0.25, 0.3) is 0 Å². The van der Waals surface area contributed by atoms with Crippen LogP contribution in [0.2, 0.25) is 0 Å². The molecule has 0 aliphatic heterocycles. The molecule has 1 aromatic heterocycles. The molecule has 3 N–H and O–H groups in total. The van der Waals surface area contributed by atoms with Gasteiger partial charge in [-0.25, -0.2) is 4.98 Å². The molecule has 1 aliphatic carbocycles. The summed E-state index contributed by atoms with van der Waals surface area (Å²) in [4.78, 5) is 29.2. The highest BCUT2D eigenvalue weighted by molar-refractivity contribution is 6.15. The zero-order chi connectivity index (χ0) is 31.9. The number of carbonyl (C=O) groups excluding carboxylic acids is 2. The van der Waals surface area contributed by atoms with E-state index in [1.54, 1.807) is 18.2 Å². The van der Waals surface area contributed by atoms with E-state index in [1.165, 1.54) is 12.3 Å². The van der Waals surface area contributed by atoms with Crippen molar-refractivity contribution in [3.05, 3.63) is 53.2 Å². The van der Waals surface area contributed by atoms with E-state index in [0.29, 0.717) is 30.5 Å². The van der Waals surface area contributed by atoms with E-state index < -0.39 is 17.7 Å². The summed E-state index contributed by atoms with van der Waals surface area (Å²) >= 11 is 0. The summed E-state index contributed by atoms with van der Waals surface area (Å²) in [6, 6.07) is 8.41. The molecule has 1 heterocycles. The third kappa shape index (κ3) is 9.53.